The molecule has 1 saturated carbocycles. The molecule has 0 heterocycles. The van der Waals surface area contributed by atoms with Crippen LogP contribution in [0.15, 0.2) is 84.2 Å². The summed E-state index contributed by atoms with van der Waals surface area (Å²) in [6.07, 6.45) is 6.74. The summed E-state index contributed by atoms with van der Waals surface area (Å²) < 4.78 is 62.6. The van der Waals surface area contributed by atoms with Gasteiger partial charge in [0.15, 0.2) is 11.6 Å². The van der Waals surface area contributed by atoms with Crippen LogP contribution in [0.3, 0.4) is 0 Å². The first kappa shape index (κ1) is 29.7. The maximum Gasteiger partial charge on any atom is 0.422 e. The van der Waals surface area contributed by atoms with Crippen LogP contribution in [-0.2, 0) is 4.74 Å². The zero-order valence-electron chi connectivity index (χ0n) is 21.2. The lowest BCUT2D eigenvalue weighted by Crippen LogP contribution is -2.28. The van der Waals surface area contributed by atoms with Crippen molar-refractivity contribution >= 4 is 0 Å². The lowest BCUT2D eigenvalue weighted by molar-refractivity contribution is -0.184. The highest BCUT2D eigenvalue weighted by molar-refractivity contribution is 5.49. The Labute approximate surface area is 203 Å². The summed E-state index contributed by atoms with van der Waals surface area (Å²) in [5, 5.41) is 0. The van der Waals surface area contributed by atoms with Crippen LogP contribution in [-0.4, -0.2) is 6.11 Å². The second-order valence-corrected chi connectivity index (χ2v) is 9.14. The van der Waals surface area contributed by atoms with Gasteiger partial charge in [0.25, 0.3) is 0 Å². The number of allylic oxidation sites excluding steroid dienone is 8. The van der Waals surface area contributed by atoms with Crippen molar-refractivity contribution in [3.63, 3.8) is 0 Å². The van der Waals surface area contributed by atoms with Gasteiger partial charge in [0.05, 0.1) is 0 Å². The lowest BCUT2D eigenvalue weighted by atomic mass is 9.72. The van der Waals surface area contributed by atoms with Gasteiger partial charge >= 0.3 is 6.11 Å². The maximum atomic E-state index is 14.6. The zero-order chi connectivity index (χ0) is 26.1. The van der Waals surface area contributed by atoms with Gasteiger partial charge in [-0.1, -0.05) is 83.7 Å². The van der Waals surface area contributed by atoms with Gasteiger partial charge in [-0.05, 0) is 62.4 Å². The Morgan fingerprint density at radius 2 is 1.53 bits per heavy atom. The van der Waals surface area contributed by atoms with E-state index in [4.69, 9.17) is 0 Å². The smallest absolute Gasteiger partial charge is 0.422 e. The highest BCUT2D eigenvalue weighted by Gasteiger charge is 2.40. The van der Waals surface area contributed by atoms with Crippen LogP contribution in [0, 0.1) is 17.8 Å². The number of hydrogen-bond acceptors (Lipinski definition) is 1. The van der Waals surface area contributed by atoms with E-state index in [1.807, 2.05) is 13.8 Å². The van der Waals surface area contributed by atoms with Crippen molar-refractivity contribution < 1.29 is 22.3 Å². The highest BCUT2D eigenvalue weighted by Crippen LogP contribution is 2.43. The Hall–Kier alpha value is -2.30. The first-order valence-corrected chi connectivity index (χ1v) is 12.1. The van der Waals surface area contributed by atoms with E-state index in [9.17, 15) is 17.6 Å². The van der Waals surface area contributed by atoms with Gasteiger partial charge in [0.2, 0.25) is 5.83 Å². The number of hydrogen-bond donors (Lipinski definition) is 0. The predicted octanol–water partition coefficient (Wildman–Crippen LogP) is 10.1. The molecule has 34 heavy (non-hydrogen) atoms. The molecule has 0 amide bonds. The molecule has 0 aromatic carbocycles. The molecule has 0 aliphatic heterocycles. The molecule has 190 valence electrons. The average Bonchev–Trinajstić information content (AvgIpc) is 2.82. The van der Waals surface area contributed by atoms with Crippen molar-refractivity contribution in [2.45, 2.75) is 78.7 Å². The minimum atomic E-state index is -3.75. The molecule has 5 heteroatoms. The number of ether oxygens (including phenoxy) is 1. The summed E-state index contributed by atoms with van der Waals surface area (Å²) in [6.45, 7) is 21.8. The molecule has 0 spiro atoms. The lowest BCUT2D eigenvalue weighted by Gasteiger charge is -2.35. The second kappa shape index (κ2) is 13.6. The van der Waals surface area contributed by atoms with Crippen molar-refractivity contribution in [3.8, 4) is 0 Å². The van der Waals surface area contributed by atoms with Crippen molar-refractivity contribution in [3.05, 3.63) is 84.2 Å². The molecule has 2 rings (SSSR count). The fourth-order valence-electron chi connectivity index (χ4n) is 4.31. The Bertz CT molecular complexity index is 851. The van der Waals surface area contributed by atoms with Crippen LogP contribution in [0.4, 0.5) is 17.6 Å². The van der Waals surface area contributed by atoms with E-state index in [0.29, 0.717) is 30.3 Å². The molecule has 0 N–H and O–H groups in total. The molecule has 0 aromatic rings. The van der Waals surface area contributed by atoms with Crippen LogP contribution < -0.4 is 0 Å². The quantitative estimate of drug-likeness (QED) is 0.138. The van der Waals surface area contributed by atoms with Crippen LogP contribution in [0.2, 0.25) is 0 Å². The molecule has 2 aliphatic carbocycles. The van der Waals surface area contributed by atoms with Crippen molar-refractivity contribution in [2.75, 3.05) is 0 Å². The third-order valence-corrected chi connectivity index (χ3v) is 6.46. The topological polar surface area (TPSA) is 9.23 Å². The van der Waals surface area contributed by atoms with E-state index in [1.54, 1.807) is 13.0 Å². The normalized spacial score (nSPS) is 23.8. The molecule has 0 radical (unpaired) electrons. The first-order chi connectivity index (χ1) is 15.9. The van der Waals surface area contributed by atoms with E-state index in [1.165, 1.54) is 25.0 Å². The van der Waals surface area contributed by atoms with E-state index >= 15 is 0 Å². The summed E-state index contributed by atoms with van der Waals surface area (Å²) in [4.78, 5) is 0. The molecule has 0 aromatic heterocycles. The van der Waals surface area contributed by atoms with Crippen LogP contribution >= 0.6 is 0 Å². The number of alkyl halides is 2. The molecule has 1 nitrogen and oxygen atoms in total. The van der Waals surface area contributed by atoms with Gasteiger partial charge in [0.1, 0.15) is 0 Å². The molecular formula is C29H40F4O. The Balaban J connectivity index is 0.00000281. The van der Waals surface area contributed by atoms with Crippen molar-refractivity contribution in [1.82, 2.24) is 0 Å². The van der Waals surface area contributed by atoms with Gasteiger partial charge in [-0.2, -0.15) is 13.2 Å². The molecular weight excluding hydrogens is 440 g/mol. The monoisotopic (exact) mass is 480 g/mol. The fraction of sp³-hybridized carbons (Fsp3) is 0.517. The summed E-state index contributed by atoms with van der Waals surface area (Å²) >= 11 is 0. The van der Waals surface area contributed by atoms with Gasteiger partial charge in [0, 0.05) is 11.1 Å². The largest absolute Gasteiger partial charge is 0.427 e. The molecule has 1 unspecified atom stereocenters. The van der Waals surface area contributed by atoms with Crippen LogP contribution in [0.5, 0.6) is 0 Å². The summed E-state index contributed by atoms with van der Waals surface area (Å²) in [5.74, 6) is -2.43. The Morgan fingerprint density at radius 3 is 2.03 bits per heavy atom. The molecule has 0 bridgehead atoms. The molecule has 2 aliphatic rings. The zero-order valence-corrected chi connectivity index (χ0v) is 21.2. The Kier molecular flexibility index (Phi) is 11.9. The van der Waals surface area contributed by atoms with Gasteiger partial charge in [-0.3, -0.25) is 0 Å². The number of rotatable bonds is 9. The molecule has 0 saturated heterocycles. The minimum absolute atomic E-state index is 0.0818. The van der Waals surface area contributed by atoms with Crippen molar-refractivity contribution in [1.29, 1.82) is 0 Å². The van der Waals surface area contributed by atoms with E-state index in [2.05, 4.69) is 38.0 Å². The first-order valence-electron chi connectivity index (χ1n) is 12.1. The summed E-state index contributed by atoms with van der Waals surface area (Å²) in [5.41, 5.74) is 0.171. The summed E-state index contributed by atoms with van der Waals surface area (Å²) in [6, 6.07) is 0. The van der Waals surface area contributed by atoms with Gasteiger partial charge in [-0.15, -0.1) is 0 Å². The van der Waals surface area contributed by atoms with E-state index in [0.717, 1.165) is 18.8 Å². The van der Waals surface area contributed by atoms with Gasteiger partial charge in [-0.25, -0.2) is 4.39 Å². The SMILES string of the molecule is C=C(C)/C=C\C(=C)C(=C)/C(F)=C(/F)C(=C)OC(F)(F)C1=CCC(C2CCC(C)CC2)CC1.CC. The third kappa shape index (κ3) is 8.48. The fourth-order valence-corrected chi connectivity index (χ4v) is 4.31. The Morgan fingerprint density at radius 1 is 0.941 bits per heavy atom. The van der Waals surface area contributed by atoms with E-state index in [-0.39, 0.29) is 23.1 Å². The molecule has 1 fully saturated rings. The van der Waals surface area contributed by atoms with Crippen LogP contribution in [0.1, 0.15) is 72.6 Å². The predicted molar refractivity (Wildman–Crippen MR) is 135 cm³/mol. The highest BCUT2D eigenvalue weighted by atomic mass is 19.3. The average molecular weight is 481 g/mol. The van der Waals surface area contributed by atoms with Crippen molar-refractivity contribution in [2.24, 2.45) is 17.8 Å². The third-order valence-electron chi connectivity index (χ3n) is 6.46. The summed E-state index contributed by atoms with van der Waals surface area (Å²) in [7, 11) is 0. The van der Waals surface area contributed by atoms with Crippen LogP contribution in [0.25, 0.3) is 0 Å². The van der Waals surface area contributed by atoms with E-state index < -0.39 is 23.5 Å². The second-order valence-electron chi connectivity index (χ2n) is 9.14. The molecule has 1 atom stereocenters. The maximum absolute atomic E-state index is 14.6. The standard InChI is InChI=1S/C27H34F4O.C2H6/c1-17(2)7-10-19(4)20(5)25(28)26(29)21(6)32-27(30,31)24-15-13-23(14-16-24)22-11-8-18(3)9-12-22;1-2/h7,10,15,18,22-23H,1,4-6,8-9,11-14,16H2,2-3H3;1-2H3/b10-7-,26-25-;. The van der Waals surface area contributed by atoms with Gasteiger partial charge < -0.3 is 4.74 Å². The number of halogens is 4. The minimum Gasteiger partial charge on any atom is -0.427 e.